The van der Waals surface area contributed by atoms with Crippen molar-refractivity contribution in [1.29, 1.82) is 0 Å². The number of carbonyl (C=O) groups excluding carboxylic acids is 1. The molecule has 122 valence electrons. The first-order valence-corrected chi connectivity index (χ1v) is 8.28. The van der Waals surface area contributed by atoms with E-state index in [1.807, 2.05) is 24.3 Å². The summed E-state index contributed by atoms with van der Waals surface area (Å²) in [6.07, 6.45) is 4.94. The quantitative estimate of drug-likeness (QED) is 0.778. The number of aromatic nitrogens is 1. The lowest BCUT2D eigenvalue weighted by molar-refractivity contribution is -0.121. The van der Waals surface area contributed by atoms with Gasteiger partial charge in [0.1, 0.15) is 5.75 Å². The van der Waals surface area contributed by atoms with Crippen LogP contribution in [0.15, 0.2) is 52.6 Å². The number of amidine groups is 1. The van der Waals surface area contributed by atoms with Crippen molar-refractivity contribution in [2.24, 2.45) is 4.99 Å². The second-order valence-corrected chi connectivity index (χ2v) is 6.35. The van der Waals surface area contributed by atoms with Crippen molar-refractivity contribution in [3.8, 4) is 5.75 Å². The zero-order valence-electron chi connectivity index (χ0n) is 13.1. The zero-order chi connectivity index (χ0) is 17.1. The molecule has 1 aliphatic heterocycles. The third-order valence-corrected chi connectivity index (χ3v) is 4.75. The molecule has 1 aromatic heterocycles. The minimum atomic E-state index is -0.116. The van der Waals surface area contributed by atoms with Gasteiger partial charge in [-0.1, -0.05) is 29.8 Å². The number of ether oxygens (including phenoxy) is 1. The molecule has 0 bridgehead atoms. The van der Waals surface area contributed by atoms with Crippen molar-refractivity contribution in [2.45, 2.75) is 0 Å². The van der Waals surface area contributed by atoms with E-state index in [0.717, 1.165) is 5.56 Å². The molecule has 0 unspecified atom stereocenters. The van der Waals surface area contributed by atoms with E-state index in [0.29, 0.717) is 26.5 Å². The minimum Gasteiger partial charge on any atom is -0.496 e. The number of aliphatic imine (C=N–C) groups is 1. The van der Waals surface area contributed by atoms with Gasteiger partial charge in [0, 0.05) is 25.0 Å². The molecule has 0 spiro atoms. The van der Waals surface area contributed by atoms with Gasteiger partial charge in [0.15, 0.2) is 5.17 Å². The maximum atomic E-state index is 12.5. The van der Waals surface area contributed by atoms with E-state index in [1.165, 1.54) is 22.9 Å². The fourth-order valence-electron chi connectivity index (χ4n) is 2.14. The number of thioether (sulfide) groups is 1. The summed E-state index contributed by atoms with van der Waals surface area (Å²) in [5.74, 6) is 0.596. The van der Waals surface area contributed by atoms with E-state index in [1.54, 1.807) is 32.5 Å². The third kappa shape index (κ3) is 3.29. The average Bonchev–Trinajstić information content (AvgIpc) is 2.85. The normalized spacial score (nSPS) is 17.8. The Kier molecular flexibility index (Phi) is 4.87. The largest absolute Gasteiger partial charge is 0.496 e. The molecule has 1 aliphatic rings. The molecule has 3 rings (SSSR count). The highest BCUT2D eigenvalue weighted by Crippen LogP contribution is 2.35. The van der Waals surface area contributed by atoms with Gasteiger partial charge in [0.25, 0.3) is 5.91 Å². The number of carbonyl (C=O) groups is 1. The Morgan fingerprint density at radius 3 is 2.88 bits per heavy atom. The molecular formula is C17H14ClN3O2S. The number of rotatable bonds is 3. The smallest absolute Gasteiger partial charge is 0.266 e. The fourth-order valence-corrected chi connectivity index (χ4v) is 3.27. The third-order valence-electron chi connectivity index (χ3n) is 3.40. The van der Waals surface area contributed by atoms with E-state index < -0.39 is 0 Å². The summed E-state index contributed by atoms with van der Waals surface area (Å²) in [7, 11) is 3.29. The van der Waals surface area contributed by atoms with Crippen LogP contribution in [0.3, 0.4) is 0 Å². The van der Waals surface area contributed by atoms with Gasteiger partial charge in [-0.2, -0.15) is 0 Å². The Balaban J connectivity index is 1.95. The van der Waals surface area contributed by atoms with Gasteiger partial charge < -0.3 is 4.74 Å². The number of halogens is 1. The summed E-state index contributed by atoms with van der Waals surface area (Å²) >= 11 is 7.38. The summed E-state index contributed by atoms with van der Waals surface area (Å²) in [4.78, 5) is 22.9. The number of benzene rings is 1. The molecule has 2 aromatic rings. The highest BCUT2D eigenvalue weighted by atomic mass is 35.5. The molecule has 0 saturated carbocycles. The number of amides is 1. The number of para-hydroxylation sites is 1. The maximum absolute atomic E-state index is 12.5. The summed E-state index contributed by atoms with van der Waals surface area (Å²) < 4.78 is 5.32. The van der Waals surface area contributed by atoms with E-state index in [4.69, 9.17) is 16.3 Å². The van der Waals surface area contributed by atoms with Gasteiger partial charge in [-0.15, -0.1) is 0 Å². The van der Waals surface area contributed by atoms with Crippen molar-refractivity contribution in [1.82, 2.24) is 9.88 Å². The number of likely N-dealkylation sites (N-methyl/N-ethyl adjacent to an activating group) is 1. The predicted octanol–water partition coefficient (Wildman–Crippen LogP) is 3.98. The summed E-state index contributed by atoms with van der Waals surface area (Å²) in [6, 6.07) is 9.24. The molecule has 24 heavy (non-hydrogen) atoms. The van der Waals surface area contributed by atoms with Crippen LogP contribution in [0.2, 0.25) is 5.02 Å². The number of hydrogen-bond donors (Lipinski definition) is 0. The Bertz CT molecular complexity index is 851. The second-order valence-electron chi connectivity index (χ2n) is 4.94. The van der Waals surface area contributed by atoms with Crippen molar-refractivity contribution in [3.63, 3.8) is 0 Å². The van der Waals surface area contributed by atoms with Crippen LogP contribution >= 0.6 is 23.4 Å². The van der Waals surface area contributed by atoms with Crippen LogP contribution in [-0.2, 0) is 4.79 Å². The summed E-state index contributed by atoms with van der Waals surface area (Å²) in [6.45, 7) is 0. The van der Waals surface area contributed by atoms with Crippen LogP contribution in [0.1, 0.15) is 5.56 Å². The van der Waals surface area contributed by atoms with E-state index in [9.17, 15) is 4.79 Å². The predicted molar refractivity (Wildman–Crippen MR) is 97.7 cm³/mol. The summed E-state index contributed by atoms with van der Waals surface area (Å²) in [5, 5.41) is 1.00. The Morgan fingerprint density at radius 1 is 1.33 bits per heavy atom. The molecule has 1 aromatic carbocycles. The van der Waals surface area contributed by atoms with Crippen molar-refractivity contribution < 1.29 is 9.53 Å². The number of pyridine rings is 1. The second kappa shape index (κ2) is 7.07. The van der Waals surface area contributed by atoms with Gasteiger partial charge in [-0.3, -0.25) is 14.7 Å². The molecule has 1 amide bonds. The first-order chi connectivity index (χ1) is 11.6. The molecule has 5 nitrogen and oxygen atoms in total. The monoisotopic (exact) mass is 359 g/mol. The van der Waals surface area contributed by atoms with Crippen molar-refractivity contribution in [3.05, 3.63) is 58.2 Å². The van der Waals surface area contributed by atoms with Gasteiger partial charge in [0.2, 0.25) is 0 Å². The van der Waals surface area contributed by atoms with Crippen molar-refractivity contribution >= 4 is 46.2 Å². The summed E-state index contributed by atoms with van der Waals surface area (Å²) in [5.41, 5.74) is 1.42. The Labute approximate surface area is 149 Å². The van der Waals surface area contributed by atoms with Crippen LogP contribution in [-0.4, -0.2) is 35.1 Å². The lowest BCUT2D eigenvalue weighted by atomic mass is 10.2. The van der Waals surface area contributed by atoms with E-state index in [-0.39, 0.29) is 5.91 Å². The number of hydrogen-bond acceptors (Lipinski definition) is 5. The lowest BCUT2D eigenvalue weighted by Gasteiger charge is -2.07. The Hall–Kier alpha value is -2.31. The number of methoxy groups -OCH3 is 1. The van der Waals surface area contributed by atoms with Crippen LogP contribution in [0.4, 0.5) is 5.69 Å². The average molecular weight is 360 g/mol. The standard InChI is InChI=1S/C17H14ClN3O2S/c1-21-16(22)15(9-11-5-3-4-6-14(11)23-2)24-17(21)20-13-7-8-19-10-12(13)18/h3-10H,1-2H3/b15-9-,20-17?. The SMILES string of the molecule is COc1ccccc1/C=C1\SC(=Nc2ccncc2Cl)N(C)C1=O. The first-order valence-electron chi connectivity index (χ1n) is 7.09. The first kappa shape index (κ1) is 16.5. The molecule has 0 N–H and O–H groups in total. The molecule has 0 atom stereocenters. The number of nitrogens with zero attached hydrogens (tertiary/aromatic N) is 3. The molecule has 1 fully saturated rings. The molecule has 0 aliphatic carbocycles. The van der Waals surface area contributed by atoms with Gasteiger partial charge in [-0.25, -0.2) is 4.99 Å². The van der Waals surface area contributed by atoms with Crippen LogP contribution in [0.5, 0.6) is 5.75 Å². The fraction of sp³-hybridized carbons (Fsp3) is 0.118. The molecular weight excluding hydrogens is 346 g/mol. The maximum Gasteiger partial charge on any atom is 0.266 e. The zero-order valence-corrected chi connectivity index (χ0v) is 14.6. The molecule has 1 saturated heterocycles. The van der Waals surface area contributed by atoms with Crippen LogP contribution in [0.25, 0.3) is 6.08 Å². The lowest BCUT2D eigenvalue weighted by Crippen LogP contribution is -2.23. The van der Waals surface area contributed by atoms with Gasteiger partial charge in [0.05, 0.1) is 22.7 Å². The van der Waals surface area contributed by atoms with E-state index in [2.05, 4.69) is 9.98 Å². The molecule has 0 radical (unpaired) electrons. The van der Waals surface area contributed by atoms with Gasteiger partial charge in [-0.05, 0) is 30.0 Å². The van der Waals surface area contributed by atoms with Gasteiger partial charge >= 0.3 is 0 Å². The molecule has 7 heteroatoms. The Morgan fingerprint density at radius 2 is 2.12 bits per heavy atom. The molecule has 2 heterocycles. The van der Waals surface area contributed by atoms with Crippen LogP contribution in [0, 0.1) is 0 Å². The highest BCUT2D eigenvalue weighted by molar-refractivity contribution is 8.18. The van der Waals surface area contributed by atoms with Crippen molar-refractivity contribution in [2.75, 3.05) is 14.2 Å². The van der Waals surface area contributed by atoms with Crippen LogP contribution < -0.4 is 4.74 Å². The topological polar surface area (TPSA) is 54.8 Å². The highest BCUT2D eigenvalue weighted by Gasteiger charge is 2.30. The van der Waals surface area contributed by atoms with E-state index >= 15 is 0 Å². The minimum absolute atomic E-state index is 0.116.